The van der Waals surface area contributed by atoms with Crippen molar-refractivity contribution in [3.05, 3.63) is 25.7 Å². The number of alkyl carbamates (subject to hydrolysis) is 2. The minimum atomic E-state index is -0.833. The van der Waals surface area contributed by atoms with E-state index in [-0.39, 0.29) is 38.8 Å². The van der Waals surface area contributed by atoms with Crippen molar-refractivity contribution in [3.8, 4) is 0 Å². The predicted molar refractivity (Wildman–Crippen MR) is 169 cm³/mol. The quantitative estimate of drug-likeness (QED) is 0.0576. The Kier molecular flexibility index (Phi) is 41.2. The molecule has 0 saturated heterocycles. The van der Waals surface area contributed by atoms with Crippen molar-refractivity contribution in [3.63, 3.8) is 0 Å². The molecule has 0 fully saturated rings. The maximum atomic E-state index is 11.2. The second-order valence-corrected chi connectivity index (χ2v) is 10.6. The van der Waals surface area contributed by atoms with Crippen molar-refractivity contribution in [2.75, 3.05) is 13.1 Å². The topological polar surface area (TPSA) is 241 Å². The van der Waals surface area contributed by atoms with E-state index in [1.165, 1.54) is 6.92 Å². The largest absolute Gasteiger partial charge is 2.00 e. The van der Waals surface area contributed by atoms with Gasteiger partial charge in [-0.3, -0.25) is 24.0 Å². The zero-order chi connectivity index (χ0) is 37.4. The summed E-state index contributed by atoms with van der Waals surface area (Å²) in [5, 5.41) is 28.4. The first kappa shape index (κ1) is 55.4. The molecule has 0 rings (SSSR count). The van der Waals surface area contributed by atoms with Crippen molar-refractivity contribution in [1.82, 2.24) is 10.6 Å². The monoisotopic (exact) mass is 772 g/mol. The van der Waals surface area contributed by atoms with Crippen LogP contribution in [0.1, 0.15) is 101 Å². The Morgan fingerprint density at radius 2 is 0.936 bits per heavy atom. The van der Waals surface area contributed by atoms with Crippen molar-refractivity contribution in [2.24, 2.45) is 0 Å². The first-order valence-corrected chi connectivity index (χ1v) is 14.0. The molecular weight excluding hydrogens is 719 g/mol. The second kappa shape index (κ2) is 34.9. The molecule has 16 nitrogen and oxygen atoms in total. The summed E-state index contributed by atoms with van der Waals surface area (Å²) in [5.74, 6) is -3.12. The van der Waals surface area contributed by atoms with Crippen LogP contribution in [0.3, 0.4) is 0 Å². The van der Waals surface area contributed by atoms with Gasteiger partial charge in [0.1, 0.15) is 11.2 Å². The zero-order valence-electron chi connectivity index (χ0n) is 28.9. The summed E-state index contributed by atoms with van der Waals surface area (Å²) in [6, 6.07) is 0. The maximum absolute atomic E-state index is 11.2. The molecule has 0 atom stereocenters. The van der Waals surface area contributed by atoms with Gasteiger partial charge in [0, 0.05) is 46.7 Å². The number of esters is 2. The molecule has 0 aliphatic rings. The number of carboxylic acid groups (broad SMARTS) is 3. The van der Waals surface area contributed by atoms with Crippen molar-refractivity contribution < 1.29 is 88.3 Å². The summed E-state index contributed by atoms with van der Waals surface area (Å²) in [5.41, 5.74) is -0.983. The van der Waals surface area contributed by atoms with Crippen molar-refractivity contribution in [1.29, 1.82) is 0 Å². The van der Waals surface area contributed by atoms with E-state index in [9.17, 15) is 24.0 Å². The van der Waals surface area contributed by atoms with Crippen molar-refractivity contribution in [2.45, 2.75) is 112 Å². The smallest absolute Gasteiger partial charge is 0.481 e. The Morgan fingerprint density at radius 1 is 0.617 bits per heavy atom. The molecule has 0 saturated carbocycles. The van der Waals surface area contributed by atoms with Crippen LogP contribution in [0.5, 0.6) is 0 Å². The van der Waals surface area contributed by atoms with Crippen LogP contribution in [0, 0.1) is 0 Å². The summed E-state index contributed by atoms with van der Waals surface area (Å²) in [7, 11) is 0. The van der Waals surface area contributed by atoms with Gasteiger partial charge < -0.3 is 44.9 Å². The van der Waals surface area contributed by atoms with Gasteiger partial charge in [-0.1, -0.05) is 13.2 Å². The van der Waals surface area contributed by atoms with E-state index in [1.54, 1.807) is 41.5 Å². The SMILES string of the molecule is C=COC(=O)CCCCNC(=O)OC(C)(C)C.C=COC(C)=O.CC(=O)O.CC(=O)O.CC(C)(C)OC(=O)NCCCCC(=O)O.[Pd+2]. The number of unbranched alkanes of at least 4 members (excludes halogenated alkanes) is 2. The van der Waals surface area contributed by atoms with E-state index in [4.69, 9.17) is 34.4 Å². The molecule has 5 N–H and O–H groups in total. The van der Waals surface area contributed by atoms with E-state index in [0.717, 1.165) is 26.4 Å². The molecule has 17 heteroatoms. The predicted octanol–water partition coefficient (Wildman–Crippen LogP) is 5.01. The molecule has 0 aromatic rings. The normalized spacial score (nSPS) is 9.21. The number of nitrogens with one attached hydrogen (secondary N) is 2. The number of amides is 2. The number of aliphatic carboxylic acids is 3. The Hall–Kier alpha value is -3.97. The van der Waals surface area contributed by atoms with Crippen LogP contribution in [0.15, 0.2) is 25.7 Å². The average molecular weight is 773 g/mol. The summed E-state index contributed by atoms with van der Waals surface area (Å²) < 4.78 is 18.8. The molecule has 0 aliphatic carbocycles. The number of carboxylic acids is 3. The van der Waals surface area contributed by atoms with Crippen LogP contribution in [0.25, 0.3) is 0 Å². The fraction of sp³-hybridized carbons (Fsp3) is 0.633. The van der Waals surface area contributed by atoms with Gasteiger partial charge in [0.05, 0.1) is 12.5 Å². The number of ether oxygens (including phenoxy) is 4. The molecule has 0 radical (unpaired) electrons. The van der Waals surface area contributed by atoms with Gasteiger partial charge in [-0.25, -0.2) is 9.59 Å². The van der Waals surface area contributed by atoms with Crippen molar-refractivity contribution >= 4 is 42.0 Å². The third-order valence-corrected chi connectivity index (χ3v) is 3.43. The van der Waals surface area contributed by atoms with Crippen LogP contribution in [0.4, 0.5) is 9.59 Å². The molecule has 0 unspecified atom stereocenters. The molecule has 0 heterocycles. The number of carbonyl (C=O) groups excluding carboxylic acids is 4. The van der Waals surface area contributed by atoms with Crippen LogP contribution in [-0.2, 0) is 63.3 Å². The van der Waals surface area contributed by atoms with Gasteiger partial charge in [0.25, 0.3) is 11.9 Å². The number of rotatable bonds is 12. The van der Waals surface area contributed by atoms with Crippen LogP contribution < -0.4 is 10.6 Å². The minimum Gasteiger partial charge on any atom is -0.481 e. The third-order valence-electron chi connectivity index (χ3n) is 3.43. The minimum absolute atomic E-state index is 0. The molecule has 2 amide bonds. The third kappa shape index (κ3) is 85.7. The summed E-state index contributed by atoms with van der Waals surface area (Å²) in [6.07, 6.45) is 4.33. The number of hydrogen-bond acceptors (Lipinski definition) is 11. The van der Waals surface area contributed by atoms with Crippen LogP contribution in [0.2, 0.25) is 0 Å². The molecule has 0 spiro atoms. The van der Waals surface area contributed by atoms with Crippen LogP contribution >= 0.6 is 0 Å². The fourth-order valence-corrected chi connectivity index (χ4v) is 2.07. The first-order chi connectivity index (χ1) is 20.9. The molecule has 0 aromatic heterocycles. The standard InChI is InChI=1S/C12H21NO4.C10H19NO4.C4H6O2.2C2H4O2.Pd/c1-5-16-10(14)8-6-7-9-13-11(15)17-12(2,3)4;1-10(2,3)15-9(14)11-7-5-4-6-8(12)13;1-3-6-4(2)5;2*1-2(3)4;/h5H,1,6-9H2,2-4H3,(H,13,15);4-7H2,1-3H3,(H,11,14)(H,12,13);3H,1H2,2H3;2*1H3,(H,3,4);/q;;;;;+2. The second-order valence-electron chi connectivity index (χ2n) is 10.6. The van der Waals surface area contributed by atoms with E-state index in [2.05, 4.69) is 33.3 Å². The maximum Gasteiger partial charge on any atom is 2.00 e. The van der Waals surface area contributed by atoms with Gasteiger partial charge in [0.2, 0.25) is 0 Å². The number of carbonyl (C=O) groups is 7. The molecule has 47 heavy (non-hydrogen) atoms. The average Bonchev–Trinajstić information content (AvgIpc) is 2.81. The summed E-state index contributed by atoms with van der Waals surface area (Å²) >= 11 is 0. The van der Waals surface area contributed by atoms with E-state index >= 15 is 0 Å². The Balaban J connectivity index is -0.000000126. The Bertz CT molecular complexity index is 907. The van der Waals surface area contributed by atoms with Gasteiger partial charge in [-0.2, -0.15) is 0 Å². The molecule has 0 aromatic carbocycles. The van der Waals surface area contributed by atoms with Gasteiger partial charge in [0.15, 0.2) is 0 Å². The Morgan fingerprint density at radius 3 is 1.17 bits per heavy atom. The molecule has 276 valence electrons. The summed E-state index contributed by atoms with van der Waals surface area (Å²) in [4.78, 5) is 71.2. The van der Waals surface area contributed by atoms with Gasteiger partial charge >= 0.3 is 50.5 Å². The molecule has 0 bridgehead atoms. The number of hydrogen-bond donors (Lipinski definition) is 5. The first-order valence-electron chi connectivity index (χ1n) is 14.0. The zero-order valence-corrected chi connectivity index (χ0v) is 30.4. The molecular formula is C30H54N2O14Pd+2. The van der Waals surface area contributed by atoms with Gasteiger partial charge in [-0.15, -0.1) is 0 Å². The van der Waals surface area contributed by atoms with Crippen LogP contribution in [-0.4, -0.2) is 81.6 Å². The fourth-order valence-electron chi connectivity index (χ4n) is 2.07. The van der Waals surface area contributed by atoms with Gasteiger partial charge in [-0.05, 0) is 67.2 Å². The summed E-state index contributed by atoms with van der Waals surface area (Å²) in [6.45, 7) is 21.6. The van der Waals surface area contributed by atoms with E-state index in [0.29, 0.717) is 45.2 Å². The molecule has 0 aliphatic heterocycles. The van der Waals surface area contributed by atoms with E-state index < -0.39 is 41.3 Å². The Labute approximate surface area is 291 Å². The van der Waals surface area contributed by atoms with E-state index in [1.807, 2.05) is 0 Å².